The molecule has 0 atom stereocenters. The molecule has 0 aliphatic heterocycles. The third-order valence-corrected chi connectivity index (χ3v) is 3.52. The number of thioether (sulfide) groups is 1. The fourth-order valence-electron chi connectivity index (χ4n) is 0.981. The van der Waals surface area contributed by atoms with Crippen LogP contribution in [0.4, 0.5) is 5.00 Å². The van der Waals surface area contributed by atoms with Crippen molar-refractivity contribution in [2.24, 2.45) is 0 Å². The number of rotatable bonds is 6. The van der Waals surface area contributed by atoms with Crippen molar-refractivity contribution >= 4 is 40.0 Å². The van der Waals surface area contributed by atoms with Crippen molar-refractivity contribution < 1.29 is 14.7 Å². The van der Waals surface area contributed by atoms with Crippen molar-refractivity contribution in [3.63, 3.8) is 0 Å². The van der Waals surface area contributed by atoms with Gasteiger partial charge in [0.15, 0.2) is 0 Å². The molecule has 5 nitrogen and oxygen atoms in total. The number of hydrogen-bond acceptors (Lipinski definition) is 5. The number of carbonyl (C=O) groups excluding carboxylic acids is 1. The Balaban J connectivity index is 2.31. The molecule has 0 aromatic carbocycles. The molecule has 17 heavy (non-hydrogen) atoms. The normalized spacial score (nSPS) is 9.59. The predicted molar refractivity (Wildman–Crippen MR) is 67.2 cm³/mol. The van der Waals surface area contributed by atoms with Crippen LogP contribution in [-0.4, -0.2) is 28.5 Å². The maximum atomic E-state index is 11.4. The molecule has 1 aromatic heterocycles. The van der Waals surface area contributed by atoms with Gasteiger partial charge in [0.25, 0.3) is 0 Å². The van der Waals surface area contributed by atoms with Gasteiger partial charge in [-0.1, -0.05) is 0 Å². The van der Waals surface area contributed by atoms with Gasteiger partial charge in [0.05, 0.1) is 17.7 Å². The van der Waals surface area contributed by atoms with Gasteiger partial charge < -0.3 is 10.4 Å². The van der Waals surface area contributed by atoms with Crippen molar-refractivity contribution in [1.82, 2.24) is 0 Å². The van der Waals surface area contributed by atoms with E-state index < -0.39 is 5.97 Å². The first-order valence-corrected chi connectivity index (χ1v) is 6.74. The summed E-state index contributed by atoms with van der Waals surface area (Å²) in [7, 11) is 0. The van der Waals surface area contributed by atoms with Crippen molar-refractivity contribution in [3.05, 3.63) is 17.0 Å². The second kappa shape index (κ2) is 6.93. The number of carboxylic acids is 1. The number of thiophene rings is 1. The van der Waals surface area contributed by atoms with Gasteiger partial charge in [-0.15, -0.1) is 11.3 Å². The van der Waals surface area contributed by atoms with Gasteiger partial charge in [-0.05, 0) is 11.4 Å². The van der Waals surface area contributed by atoms with Gasteiger partial charge in [-0.2, -0.15) is 17.0 Å². The predicted octanol–water partition coefficient (Wildman–Crippen LogP) is 1.77. The van der Waals surface area contributed by atoms with Crippen LogP contribution in [0.5, 0.6) is 0 Å². The van der Waals surface area contributed by atoms with E-state index >= 15 is 0 Å². The SMILES string of the molecule is N#Cc1ccsc1NC(=O)CSCCC(=O)O. The molecule has 0 bridgehead atoms. The number of nitrogens with zero attached hydrogens (tertiary/aromatic N) is 1. The Bertz CT molecular complexity index is 451. The summed E-state index contributed by atoms with van der Waals surface area (Å²) in [5, 5.41) is 22.0. The first-order valence-electron chi connectivity index (χ1n) is 4.70. The fourth-order valence-corrected chi connectivity index (χ4v) is 2.46. The molecule has 1 rings (SSSR count). The number of aliphatic carboxylic acids is 1. The number of carboxylic acid groups (broad SMARTS) is 1. The molecule has 1 heterocycles. The van der Waals surface area contributed by atoms with Crippen LogP contribution in [0, 0.1) is 11.3 Å². The highest BCUT2D eigenvalue weighted by Crippen LogP contribution is 2.22. The van der Waals surface area contributed by atoms with Crippen LogP contribution in [-0.2, 0) is 9.59 Å². The van der Waals surface area contributed by atoms with E-state index in [9.17, 15) is 9.59 Å². The second-order valence-corrected chi connectivity index (χ2v) is 5.04. The van der Waals surface area contributed by atoms with Gasteiger partial charge in [0.2, 0.25) is 5.91 Å². The number of carbonyl (C=O) groups is 2. The lowest BCUT2D eigenvalue weighted by molar-refractivity contribution is -0.136. The minimum Gasteiger partial charge on any atom is -0.481 e. The Morgan fingerprint density at radius 3 is 3.00 bits per heavy atom. The van der Waals surface area contributed by atoms with Crippen LogP contribution in [0.2, 0.25) is 0 Å². The molecule has 0 aliphatic carbocycles. The molecule has 0 saturated carbocycles. The average molecular weight is 270 g/mol. The summed E-state index contributed by atoms with van der Waals surface area (Å²) in [6.45, 7) is 0. The van der Waals surface area contributed by atoms with Crippen molar-refractivity contribution in [2.75, 3.05) is 16.8 Å². The maximum absolute atomic E-state index is 11.4. The smallest absolute Gasteiger partial charge is 0.304 e. The minimum atomic E-state index is -0.872. The molecular weight excluding hydrogens is 260 g/mol. The second-order valence-electron chi connectivity index (χ2n) is 3.02. The Morgan fingerprint density at radius 2 is 2.35 bits per heavy atom. The third kappa shape index (κ3) is 4.89. The lowest BCUT2D eigenvalue weighted by atomic mass is 10.3. The van der Waals surface area contributed by atoms with Crippen molar-refractivity contribution in [3.8, 4) is 6.07 Å². The first kappa shape index (κ1) is 13.5. The molecule has 0 unspecified atom stereocenters. The zero-order chi connectivity index (χ0) is 12.7. The highest BCUT2D eigenvalue weighted by molar-refractivity contribution is 7.99. The Morgan fingerprint density at radius 1 is 1.59 bits per heavy atom. The quantitative estimate of drug-likeness (QED) is 0.769. The lowest BCUT2D eigenvalue weighted by Crippen LogP contribution is -2.14. The molecule has 1 aromatic rings. The van der Waals surface area contributed by atoms with Crippen LogP contribution in [0.25, 0.3) is 0 Å². The van der Waals surface area contributed by atoms with Crippen LogP contribution >= 0.6 is 23.1 Å². The van der Waals surface area contributed by atoms with Gasteiger partial charge in [-0.3, -0.25) is 9.59 Å². The highest BCUT2D eigenvalue weighted by atomic mass is 32.2. The summed E-state index contributed by atoms with van der Waals surface area (Å²) >= 11 is 2.54. The zero-order valence-electron chi connectivity index (χ0n) is 8.80. The van der Waals surface area contributed by atoms with Crippen LogP contribution in [0.1, 0.15) is 12.0 Å². The van der Waals surface area contributed by atoms with Crippen LogP contribution in [0.15, 0.2) is 11.4 Å². The Kier molecular flexibility index (Phi) is 5.52. The molecule has 90 valence electrons. The highest BCUT2D eigenvalue weighted by Gasteiger charge is 2.08. The molecule has 0 aliphatic rings. The summed E-state index contributed by atoms with van der Waals surface area (Å²) in [6, 6.07) is 3.61. The number of anilines is 1. The maximum Gasteiger partial charge on any atom is 0.304 e. The van der Waals surface area contributed by atoms with E-state index in [0.717, 1.165) is 0 Å². The monoisotopic (exact) mass is 270 g/mol. The van der Waals surface area contributed by atoms with Gasteiger partial charge in [0, 0.05) is 5.75 Å². The number of nitriles is 1. The third-order valence-electron chi connectivity index (χ3n) is 1.73. The van der Waals surface area contributed by atoms with E-state index in [1.54, 1.807) is 11.4 Å². The number of nitrogens with one attached hydrogen (secondary N) is 1. The molecule has 0 spiro atoms. The molecular formula is C10H10N2O3S2. The van der Waals surface area contributed by atoms with E-state index in [4.69, 9.17) is 10.4 Å². The van der Waals surface area contributed by atoms with E-state index in [2.05, 4.69) is 5.32 Å². The minimum absolute atomic E-state index is 0.0421. The first-order chi connectivity index (χ1) is 8.13. The summed E-state index contributed by atoms with van der Waals surface area (Å²) in [4.78, 5) is 21.7. The number of amides is 1. The molecule has 1 amide bonds. The summed E-state index contributed by atoms with van der Waals surface area (Å²) in [5.74, 6) is -0.504. The van der Waals surface area contributed by atoms with Crippen molar-refractivity contribution in [2.45, 2.75) is 6.42 Å². The standard InChI is InChI=1S/C10H10N2O3S2/c11-5-7-1-4-17-10(7)12-8(13)6-16-3-2-9(14)15/h1,4H,2-3,6H2,(H,12,13)(H,14,15). The lowest BCUT2D eigenvalue weighted by Gasteiger charge is -2.02. The van der Waals surface area contributed by atoms with Gasteiger partial charge >= 0.3 is 5.97 Å². The summed E-state index contributed by atoms with van der Waals surface area (Å²) < 4.78 is 0. The van der Waals surface area contributed by atoms with Crippen LogP contribution < -0.4 is 5.32 Å². The van der Waals surface area contributed by atoms with Crippen LogP contribution in [0.3, 0.4) is 0 Å². The molecule has 0 radical (unpaired) electrons. The number of hydrogen-bond donors (Lipinski definition) is 2. The van der Waals surface area contributed by atoms with E-state index in [0.29, 0.717) is 16.3 Å². The van der Waals surface area contributed by atoms with E-state index in [1.807, 2.05) is 6.07 Å². The zero-order valence-corrected chi connectivity index (χ0v) is 10.4. The van der Waals surface area contributed by atoms with Gasteiger partial charge in [0.1, 0.15) is 11.1 Å². The molecule has 0 saturated heterocycles. The largest absolute Gasteiger partial charge is 0.481 e. The van der Waals surface area contributed by atoms with E-state index in [1.165, 1.54) is 23.1 Å². The molecule has 0 fully saturated rings. The Hall–Kier alpha value is -1.52. The molecule has 7 heteroatoms. The van der Waals surface area contributed by atoms with E-state index in [-0.39, 0.29) is 18.1 Å². The average Bonchev–Trinajstić information content (AvgIpc) is 2.71. The van der Waals surface area contributed by atoms with Crippen molar-refractivity contribution in [1.29, 1.82) is 5.26 Å². The summed E-state index contributed by atoms with van der Waals surface area (Å²) in [5.41, 5.74) is 0.443. The Labute approximate surface area is 106 Å². The molecule has 2 N–H and O–H groups in total. The fraction of sp³-hybridized carbons (Fsp3) is 0.300. The summed E-state index contributed by atoms with van der Waals surface area (Å²) in [6.07, 6.45) is 0.0421. The topological polar surface area (TPSA) is 90.2 Å². The van der Waals surface area contributed by atoms with Gasteiger partial charge in [-0.25, -0.2) is 0 Å².